The zero-order valence-corrected chi connectivity index (χ0v) is 11.7. The van der Waals surface area contributed by atoms with Gasteiger partial charge in [-0.3, -0.25) is 4.79 Å². The molecule has 4 heteroatoms. The lowest BCUT2D eigenvalue weighted by Gasteiger charge is -2.30. The molecule has 2 saturated heterocycles. The highest BCUT2D eigenvalue weighted by Crippen LogP contribution is 2.28. The zero-order chi connectivity index (χ0) is 12.1. The third-order valence-electron chi connectivity index (χ3n) is 3.71. The molecular weight excluding hydrogens is 232 g/mol. The van der Waals surface area contributed by atoms with Crippen LogP contribution in [0.15, 0.2) is 0 Å². The number of rotatable bonds is 5. The Hall–Kier alpha value is -0.220. The molecule has 0 aromatic rings. The Balaban J connectivity index is 1.77. The maximum absolute atomic E-state index is 11.8. The van der Waals surface area contributed by atoms with Gasteiger partial charge >= 0.3 is 0 Å². The number of likely N-dealkylation sites (tertiary alicyclic amines) is 1. The van der Waals surface area contributed by atoms with E-state index in [2.05, 4.69) is 16.7 Å². The Morgan fingerprint density at radius 2 is 2.00 bits per heavy atom. The second-order valence-electron chi connectivity index (χ2n) is 5.04. The first-order valence-corrected chi connectivity index (χ1v) is 7.99. The monoisotopic (exact) mass is 256 g/mol. The molecule has 0 aromatic heterocycles. The molecule has 2 rings (SSSR count). The first kappa shape index (κ1) is 13.2. The predicted octanol–water partition coefficient (Wildman–Crippen LogP) is 2.17. The van der Waals surface area contributed by atoms with Gasteiger partial charge in [0.25, 0.3) is 0 Å². The topological polar surface area (TPSA) is 23.6 Å². The van der Waals surface area contributed by atoms with Crippen LogP contribution in [0.2, 0.25) is 0 Å². The highest BCUT2D eigenvalue weighted by atomic mass is 32.2. The maximum Gasteiger partial charge on any atom is 0.233 e. The van der Waals surface area contributed by atoms with Crippen molar-refractivity contribution in [1.82, 2.24) is 9.80 Å². The first-order valence-electron chi connectivity index (χ1n) is 6.94. The maximum atomic E-state index is 11.8. The molecule has 0 bridgehead atoms. The van der Waals surface area contributed by atoms with Crippen molar-refractivity contribution >= 4 is 17.7 Å². The lowest BCUT2D eigenvalue weighted by atomic mass is 10.1. The van der Waals surface area contributed by atoms with Crippen LogP contribution in [0, 0.1) is 0 Å². The fourth-order valence-electron chi connectivity index (χ4n) is 2.69. The zero-order valence-electron chi connectivity index (χ0n) is 10.9. The number of amides is 1. The molecule has 2 fully saturated rings. The van der Waals surface area contributed by atoms with Crippen LogP contribution < -0.4 is 0 Å². The summed E-state index contributed by atoms with van der Waals surface area (Å²) >= 11 is 1.83. The van der Waals surface area contributed by atoms with Crippen LogP contribution in [-0.2, 0) is 4.79 Å². The van der Waals surface area contributed by atoms with Crippen LogP contribution in [0.4, 0.5) is 0 Å². The number of carbonyl (C=O) groups is 1. The summed E-state index contributed by atoms with van der Waals surface area (Å²) in [4.78, 5) is 16.4. The van der Waals surface area contributed by atoms with Gasteiger partial charge in [0.2, 0.25) is 5.91 Å². The van der Waals surface area contributed by atoms with Crippen LogP contribution in [0.25, 0.3) is 0 Å². The summed E-state index contributed by atoms with van der Waals surface area (Å²) in [6.45, 7) is 6.68. The standard InChI is InChI=1S/C13H24N2OS/c1-2-6-13-15(12(16)11-17-13)10-9-14-7-4-3-5-8-14/h13H,2-11H2,1H3. The van der Waals surface area contributed by atoms with Gasteiger partial charge in [-0.15, -0.1) is 11.8 Å². The Labute approximate surface area is 109 Å². The SMILES string of the molecule is CCCC1SCC(=O)N1CCN1CCCCC1. The van der Waals surface area contributed by atoms with Crippen molar-refractivity contribution in [2.75, 3.05) is 31.9 Å². The van der Waals surface area contributed by atoms with E-state index in [1.165, 1.54) is 38.8 Å². The van der Waals surface area contributed by atoms with Crippen molar-refractivity contribution in [3.63, 3.8) is 0 Å². The van der Waals surface area contributed by atoms with E-state index in [1.807, 2.05) is 11.8 Å². The van der Waals surface area contributed by atoms with Crippen molar-refractivity contribution in [3.8, 4) is 0 Å². The van der Waals surface area contributed by atoms with E-state index in [0.717, 1.165) is 19.5 Å². The highest BCUT2D eigenvalue weighted by Gasteiger charge is 2.30. The van der Waals surface area contributed by atoms with Gasteiger partial charge < -0.3 is 9.80 Å². The third-order valence-corrected chi connectivity index (χ3v) is 5.00. The molecule has 0 aromatic carbocycles. The third kappa shape index (κ3) is 3.62. The van der Waals surface area contributed by atoms with Crippen LogP contribution in [-0.4, -0.2) is 53.0 Å². The number of carbonyl (C=O) groups excluding carboxylic acids is 1. The summed E-state index contributed by atoms with van der Waals surface area (Å²) in [6.07, 6.45) is 6.37. The molecule has 1 unspecified atom stereocenters. The summed E-state index contributed by atoms with van der Waals surface area (Å²) in [7, 11) is 0. The molecule has 0 spiro atoms. The fourth-order valence-corrected chi connectivity index (χ4v) is 3.99. The Kier molecular flexibility index (Phi) is 5.16. The molecule has 2 heterocycles. The molecule has 17 heavy (non-hydrogen) atoms. The summed E-state index contributed by atoms with van der Waals surface area (Å²) < 4.78 is 0. The minimum atomic E-state index is 0.352. The van der Waals surface area contributed by atoms with Gasteiger partial charge in [0.15, 0.2) is 0 Å². The number of thioether (sulfide) groups is 1. The van der Waals surface area contributed by atoms with E-state index in [-0.39, 0.29) is 0 Å². The van der Waals surface area contributed by atoms with E-state index >= 15 is 0 Å². The number of hydrogen-bond acceptors (Lipinski definition) is 3. The Morgan fingerprint density at radius 3 is 2.71 bits per heavy atom. The Bertz CT molecular complexity index is 254. The Morgan fingerprint density at radius 1 is 1.24 bits per heavy atom. The molecule has 1 amide bonds. The summed E-state index contributed by atoms with van der Waals surface area (Å²) in [6, 6.07) is 0. The summed E-state index contributed by atoms with van der Waals surface area (Å²) in [5.41, 5.74) is 0. The quantitative estimate of drug-likeness (QED) is 0.753. The van der Waals surface area contributed by atoms with Crippen LogP contribution in [0.3, 0.4) is 0 Å². The molecule has 3 nitrogen and oxygen atoms in total. The first-order chi connectivity index (χ1) is 8.31. The largest absolute Gasteiger partial charge is 0.329 e. The molecule has 2 aliphatic heterocycles. The smallest absolute Gasteiger partial charge is 0.233 e. The van der Waals surface area contributed by atoms with Gasteiger partial charge in [0.05, 0.1) is 11.1 Å². The lowest BCUT2D eigenvalue weighted by Crippen LogP contribution is -2.41. The molecular formula is C13H24N2OS. The van der Waals surface area contributed by atoms with Gasteiger partial charge in [-0.05, 0) is 32.4 Å². The predicted molar refractivity (Wildman–Crippen MR) is 73.2 cm³/mol. The fraction of sp³-hybridized carbons (Fsp3) is 0.923. The van der Waals surface area contributed by atoms with Gasteiger partial charge in [0.1, 0.15) is 0 Å². The van der Waals surface area contributed by atoms with E-state index < -0.39 is 0 Å². The van der Waals surface area contributed by atoms with Crippen molar-refractivity contribution in [1.29, 1.82) is 0 Å². The van der Waals surface area contributed by atoms with Crippen LogP contribution >= 0.6 is 11.8 Å². The highest BCUT2D eigenvalue weighted by molar-refractivity contribution is 8.00. The molecule has 1 atom stereocenters. The molecule has 98 valence electrons. The average molecular weight is 256 g/mol. The normalized spacial score (nSPS) is 26.8. The van der Waals surface area contributed by atoms with Gasteiger partial charge in [0, 0.05) is 13.1 Å². The second-order valence-corrected chi connectivity index (χ2v) is 6.21. The van der Waals surface area contributed by atoms with Crippen LogP contribution in [0.1, 0.15) is 39.0 Å². The number of hydrogen-bond donors (Lipinski definition) is 0. The molecule has 2 aliphatic rings. The van der Waals surface area contributed by atoms with E-state index in [9.17, 15) is 4.79 Å². The average Bonchev–Trinajstić information content (AvgIpc) is 2.70. The second kappa shape index (κ2) is 6.64. The minimum Gasteiger partial charge on any atom is -0.329 e. The molecule has 0 aliphatic carbocycles. The van der Waals surface area contributed by atoms with Crippen molar-refractivity contribution in [3.05, 3.63) is 0 Å². The number of nitrogens with zero attached hydrogens (tertiary/aromatic N) is 2. The number of piperidine rings is 1. The molecule has 0 radical (unpaired) electrons. The van der Waals surface area contributed by atoms with Crippen molar-refractivity contribution in [2.24, 2.45) is 0 Å². The van der Waals surface area contributed by atoms with E-state index in [0.29, 0.717) is 17.0 Å². The summed E-state index contributed by atoms with van der Waals surface area (Å²) in [5, 5.41) is 0.456. The molecule has 0 N–H and O–H groups in total. The molecule has 0 saturated carbocycles. The van der Waals surface area contributed by atoms with Gasteiger partial charge in [-0.1, -0.05) is 19.8 Å². The van der Waals surface area contributed by atoms with Crippen molar-refractivity contribution < 1.29 is 4.79 Å². The van der Waals surface area contributed by atoms with Gasteiger partial charge in [-0.25, -0.2) is 0 Å². The van der Waals surface area contributed by atoms with Crippen molar-refractivity contribution in [2.45, 2.75) is 44.4 Å². The van der Waals surface area contributed by atoms with Gasteiger partial charge in [-0.2, -0.15) is 0 Å². The van der Waals surface area contributed by atoms with E-state index in [1.54, 1.807) is 0 Å². The minimum absolute atomic E-state index is 0.352. The summed E-state index contributed by atoms with van der Waals surface area (Å²) in [5.74, 6) is 1.05. The van der Waals surface area contributed by atoms with Crippen LogP contribution in [0.5, 0.6) is 0 Å². The lowest BCUT2D eigenvalue weighted by molar-refractivity contribution is -0.128. The van der Waals surface area contributed by atoms with E-state index in [4.69, 9.17) is 0 Å².